The van der Waals surface area contributed by atoms with E-state index in [0.29, 0.717) is 6.61 Å². The zero-order valence-electron chi connectivity index (χ0n) is 11.3. The van der Waals surface area contributed by atoms with Gasteiger partial charge in [0.1, 0.15) is 5.92 Å². The van der Waals surface area contributed by atoms with Gasteiger partial charge in [0.25, 0.3) is 0 Å². The maximum Gasteiger partial charge on any atom is 0.317 e. The average Bonchev–Trinajstić information content (AvgIpc) is 2.43. The number of carbonyl (C=O) groups excluding carboxylic acids is 1. The molecule has 0 N–H and O–H groups in total. The summed E-state index contributed by atoms with van der Waals surface area (Å²) < 4.78 is 5.20. The van der Waals surface area contributed by atoms with Crippen LogP contribution in [0.25, 0.3) is 0 Å². The van der Waals surface area contributed by atoms with Gasteiger partial charge in [-0.2, -0.15) is 0 Å². The average molecular weight is 254 g/mol. The highest BCUT2D eigenvalue weighted by Crippen LogP contribution is 2.26. The van der Waals surface area contributed by atoms with E-state index in [-0.39, 0.29) is 11.9 Å². The summed E-state index contributed by atoms with van der Waals surface area (Å²) in [6, 6.07) is 17.8. The molecule has 0 aliphatic heterocycles. The third-order valence-electron chi connectivity index (χ3n) is 3.07. The van der Waals surface area contributed by atoms with Crippen LogP contribution in [0.2, 0.25) is 0 Å². The van der Waals surface area contributed by atoms with E-state index in [9.17, 15) is 4.79 Å². The quantitative estimate of drug-likeness (QED) is 0.778. The first kappa shape index (κ1) is 13.3. The van der Waals surface area contributed by atoms with Crippen LogP contribution in [0, 0.1) is 6.92 Å². The number of hydrogen-bond acceptors (Lipinski definition) is 2. The van der Waals surface area contributed by atoms with E-state index in [1.807, 2.05) is 68.4 Å². The van der Waals surface area contributed by atoms with Gasteiger partial charge in [-0.25, -0.2) is 0 Å². The van der Waals surface area contributed by atoms with Crippen LogP contribution < -0.4 is 0 Å². The first-order valence-electron chi connectivity index (χ1n) is 6.50. The Morgan fingerprint density at radius 3 is 2.16 bits per heavy atom. The SMILES string of the molecule is CCOC(=O)C(c1ccccc1)c1ccc(C)cc1. The molecule has 0 aromatic heterocycles. The van der Waals surface area contributed by atoms with Gasteiger partial charge in [-0.1, -0.05) is 60.2 Å². The second kappa shape index (κ2) is 6.19. The summed E-state index contributed by atoms with van der Waals surface area (Å²) in [5.74, 6) is -0.542. The normalized spacial score (nSPS) is 11.9. The Morgan fingerprint density at radius 1 is 1.00 bits per heavy atom. The van der Waals surface area contributed by atoms with Crippen molar-refractivity contribution < 1.29 is 9.53 Å². The lowest BCUT2D eigenvalue weighted by molar-refractivity contribution is -0.143. The van der Waals surface area contributed by atoms with Crippen molar-refractivity contribution in [1.82, 2.24) is 0 Å². The highest BCUT2D eigenvalue weighted by atomic mass is 16.5. The second-order valence-electron chi connectivity index (χ2n) is 4.51. The lowest BCUT2D eigenvalue weighted by Gasteiger charge is -2.16. The van der Waals surface area contributed by atoms with E-state index in [2.05, 4.69) is 0 Å². The zero-order valence-corrected chi connectivity index (χ0v) is 11.3. The van der Waals surface area contributed by atoms with Crippen LogP contribution in [-0.4, -0.2) is 12.6 Å². The maximum atomic E-state index is 12.2. The molecule has 0 aliphatic carbocycles. The molecule has 2 heteroatoms. The molecule has 2 nitrogen and oxygen atoms in total. The number of esters is 1. The number of ether oxygens (including phenoxy) is 1. The molecule has 2 rings (SSSR count). The van der Waals surface area contributed by atoms with E-state index < -0.39 is 0 Å². The molecule has 0 aliphatic rings. The largest absolute Gasteiger partial charge is 0.465 e. The Morgan fingerprint density at radius 2 is 1.58 bits per heavy atom. The molecule has 0 bridgehead atoms. The van der Waals surface area contributed by atoms with Gasteiger partial charge in [0.2, 0.25) is 0 Å². The van der Waals surface area contributed by atoms with Crippen LogP contribution in [0.4, 0.5) is 0 Å². The molecular formula is C17H18O2. The number of aryl methyl sites for hydroxylation is 1. The topological polar surface area (TPSA) is 26.3 Å². The minimum absolute atomic E-state index is 0.197. The van der Waals surface area contributed by atoms with Crippen LogP contribution >= 0.6 is 0 Å². The first-order chi connectivity index (χ1) is 9.22. The molecule has 1 atom stereocenters. The van der Waals surface area contributed by atoms with Gasteiger partial charge in [0.15, 0.2) is 0 Å². The minimum atomic E-state index is -0.346. The fraction of sp³-hybridized carbons (Fsp3) is 0.235. The molecule has 0 radical (unpaired) electrons. The summed E-state index contributed by atoms with van der Waals surface area (Å²) >= 11 is 0. The van der Waals surface area contributed by atoms with Crippen molar-refractivity contribution in [3.05, 3.63) is 71.3 Å². The van der Waals surface area contributed by atoms with E-state index >= 15 is 0 Å². The molecule has 0 amide bonds. The summed E-state index contributed by atoms with van der Waals surface area (Å²) in [5.41, 5.74) is 3.11. The van der Waals surface area contributed by atoms with Crippen LogP contribution in [0.15, 0.2) is 54.6 Å². The maximum absolute atomic E-state index is 12.2. The molecule has 1 unspecified atom stereocenters. The fourth-order valence-corrected chi connectivity index (χ4v) is 2.09. The van der Waals surface area contributed by atoms with Gasteiger partial charge in [0.05, 0.1) is 6.61 Å². The highest BCUT2D eigenvalue weighted by Gasteiger charge is 2.23. The van der Waals surface area contributed by atoms with Crippen molar-refractivity contribution >= 4 is 5.97 Å². The Kier molecular flexibility index (Phi) is 4.35. The van der Waals surface area contributed by atoms with Gasteiger partial charge in [-0.3, -0.25) is 4.79 Å². The van der Waals surface area contributed by atoms with Gasteiger partial charge >= 0.3 is 5.97 Å². The van der Waals surface area contributed by atoms with Crippen molar-refractivity contribution in [2.75, 3.05) is 6.61 Å². The number of rotatable bonds is 4. The van der Waals surface area contributed by atoms with Crippen molar-refractivity contribution in [2.24, 2.45) is 0 Å². The summed E-state index contributed by atoms with van der Waals surface area (Å²) in [5, 5.41) is 0. The molecule has 0 spiro atoms. The van der Waals surface area contributed by atoms with Crippen LogP contribution in [0.3, 0.4) is 0 Å². The van der Waals surface area contributed by atoms with E-state index in [1.165, 1.54) is 5.56 Å². The van der Waals surface area contributed by atoms with Crippen LogP contribution in [0.5, 0.6) is 0 Å². The van der Waals surface area contributed by atoms with E-state index in [1.54, 1.807) is 0 Å². The summed E-state index contributed by atoms with van der Waals surface area (Å²) in [7, 11) is 0. The molecule has 19 heavy (non-hydrogen) atoms. The monoisotopic (exact) mass is 254 g/mol. The fourth-order valence-electron chi connectivity index (χ4n) is 2.09. The molecule has 0 fully saturated rings. The predicted octanol–water partition coefficient (Wildman–Crippen LogP) is 3.69. The van der Waals surface area contributed by atoms with Crippen LogP contribution in [-0.2, 0) is 9.53 Å². The summed E-state index contributed by atoms with van der Waals surface area (Å²) in [4.78, 5) is 12.2. The Balaban J connectivity index is 2.40. The highest BCUT2D eigenvalue weighted by molar-refractivity contribution is 5.82. The van der Waals surface area contributed by atoms with Gasteiger partial charge in [-0.05, 0) is 25.0 Å². The molecule has 98 valence electrons. The van der Waals surface area contributed by atoms with Crippen molar-refractivity contribution in [1.29, 1.82) is 0 Å². The number of hydrogen-bond donors (Lipinski definition) is 0. The molecular weight excluding hydrogens is 236 g/mol. The molecule has 0 saturated heterocycles. The van der Waals surface area contributed by atoms with Crippen molar-refractivity contribution in [3.8, 4) is 0 Å². The van der Waals surface area contributed by atoms with E-state index in [4.69, 9.17) is 4.74 Å². The minimum Gasteiger partial charge on any atom is -0.465 e. The third kappa shape index (κ3) is 3.22. The number of carbonyl (C=O) groups is 1. The summed E-state index contributed by atoms with van der Waals surface area (Å²) in [6.45, 7) is 4.26. The van der Waals surface area contributed by atoms with Crippen molar-refractivity contribution in [3.63, 3.8) is 0 Å². The molecule has 0 saturated carbocycles. The van der Waals surface area contributed by atoms with Crippen molar-refractivity contribution in [2.45, 2.75) is 19.8 Å². The Bertz CT molecular complexity index is 529. The second-order valence-corrected chi connectivity index (χ2v) is 4.51. The van der Waals surface area contributed by atoms with Gasteiger partial charge in [0, 0.05) is 0 Å². The smallest absolute Gasteiger partial charge is 0.317 e. The lowest BCUT2D eigenvalue weighted by atomic mass is 9.91. The standard InChI is InChI=1S/C17H18O2/c1-3-19-17(18)16(14-7-5-4-6-8-14)15-11-9-13(2)10-12-15/h4-12,16H,3H2,1-2H3. The van der Waals surface area contributed by atoms with Gasteiger partial charge in [-0.15, -0.1) is 0 Å². The summed E-state index contributed by atoms with van der Waals surface area (Å²) in [6.07, 6.45) is 0. The molecule has 2 aromatic carbocycles. The Labute approximate surface area is 114 Å². The zero-order chi connectivity index (χ0) is 13.7. The molecule has 2 aromatic rings. The van der Waals surface area contributed by atoms with E-state index in [0.717, 1.165) is 11.1 Å². The first-order valence-corrected chi connectivity index (χ1v) is 6.50. The van der Waals surface area contributed by atoms with Gasteiger partial charge < -0.3 is 4.74 Å². The molecule has 0 heterocycles. The van der Waals surface area contributed by atoms with Crippen LogP contribution in [0.1, 0.15) is 29.5 Å². The Hall–Kier alpha value is -2.09. The lowest BCUT2D eigenvalue weighted by Crippen LogP contribution is -2.17. The third-order valence-corrected chi connectivity index (χ3v) is 3.07. The number of benzene rings is 2. The predicted molar refractivity (Wildman–Crippen MR) is 76.1 cm³/mol.